The number of carbonyl (C=O) groups is 1. The van der Waals surface area contributed by atoms with Crippen LogP contribution < -0.4 is 10.1 Å². The van der Waals surface area contributed by atoms with E-state index in [1.807, 2.05) is 38.1 Å². The second-order valence-corrected chi connectivity index (χ2v) is 5.28. The molecule has 2 aromatic rings. The zero-order valence-electron chi connectivity index (χ0n) is 13.3. The molecular formula is C17H22N2O3. The minimum Gasteiger partial charge on any atom is -0.497 e. The van der Waals surface area contributed by atoms with Crippen LogP contribution in [0.3, 0.4) is 0 Å². The second-order valence-electron chi connectivity index (χ2n) is 5.28. The van der Waals surface area contributed by atoms with E-state index in [2.05, 4.69) is 10.3 Å². The standard InChI is InChI=1S/C17H22N2O3/c1-12(2)22-10-4-9-18-17(20)16-7-5-13-11-14(21-3)6-8-15(13)19-16/h5-8,11-12H,4,9-10H2,1-3H3,(H,18,20). The molecular weight excluding hydrogens is 280 g/mol. The normalized spacial score (nSPS) is 10.9. The van der Waals surface area contributed by atoms with Gasteiger partial charge in [0, 0.05) is 18.5 Å². The van der Waals surface area contributed by atoms with Crippen molar-refractivity contribution in [3.05, 3.63) is 36.0 Å². The van der Waals surface area contributed by atoms with Crippen LogP contribution >= 0.6 is 0 Å². The minimum atomic E-state index is -0.165. The summed E-state index contributed by atoms with van der Waals surface area (Å²) in [7, 11) is 1.62. The number of nitrogens with one attached hydrogen (secondary N) is 1. The largest absolute Gasteiger partial charge is 0.497 e. The Labute approximate surface area is 130 Å². The average molecular weight is 302 g/mol. The molecule has 0 aliphatic heterocycles. The highest BCUT2D eigenvalue weighted by molar-refractivity contribution is 5.95. The van der Waals surface area contributed by atoms with E-state index in [0.29, 0.717) is 18.8 Å². The fourth-order valence-corrected chi connectivity index (χ4v) is 2.04. The zero-order valence-corrected chi connectivity index (χ0v) is 13.3. The van der Waals surface area contributed by atoms with E-state index in [1.165, 1.54) is 0 Å². The number of carbonyl (C=O) groups excluding carboxylic acids is 1. The molecule has 2 rings (SSSR count). The Morgan fingerprint density at radius 3 is 2.82 bits per heavy atom. The van der Waals surface area contributed by atoms with E-state index in [1.54, 1.807) is 13.2 Å². The number of ether oxygens (including phenoxy) is 2. The average Bonchev–Trinajstić information content (AvgIpc) is 2.53. The molecule has 0 unspecified atom stereocenters. The highest BCUT2D eigenvalue weighted by atomic mass is 16.5. The van der Waals surface area contributed by atoms with Gasteiger partial charge in [-0.2, -0.15) is 0 Å². The van der Waals surface area contributed by atoms with Crippen LogP contribution in [-0.4, -0.2) is 37.3 Å². The number of aromatic nitrogens is 1. The molecule has 0 bridgehead atoms. The predicted octanol–water partition coefficient (Wildman–Crippen LogP) is 2.79. The van der Waals surface area contributed by atoms with E-state index in [4.69, 9.17) is 9.47 Å². The highest BCUT2D eigenvalue weighted by Crippen LogP contribution is 2.19. The number of hydrogen-bond donors (Lipinski definition) is 1. The molecule has 118 valence electrons. The minimum absolute atomic E-state index is 0.165. The smallest absolute Gasteiger partial charge is 0.269 e. The maximum absolute atomic E-state index is 12.1. The van der Waals surface area contributed by atoms with E-state index < -0.39 is 0 Å². The van der Waals surface area contributed by atoms with Crippen molar-refractivity contribution in [1.82, 2.24) is 10.3 Å². The summed E-state index contributed by atoms with van der Waals surface area (Å²) in [6, 6.07) is 9.18. The Morgan fingerprint density at radius 1 is 1.27 bits per heavy atom. The Hall–Kier alpha value is -2.14. The van der Waals surface area contributed by atoms with Crippen LogP contribution in [-0.2, 0) is 4.74 Å². The molecule has 0 aliphatic carbocycles. The quantitative estimate of drug-likeness (QED) is 0.799. The molecule has 0 spiro atoms. The van der Waals surface area contributed by atoms with Crippen molar-refractivity contribution >= 4 is 16.8 Å². The number of amides is 1. The summed E-state index contributed by atoms with van der Waals surface area (Å²) in [4.78, 5) is 16.4. The van der Waals surface area contributed by atoms with Gasteiger partial charge in [-0.3, -0.25) is 4.79 Å². The van der Waals surface area contributed by atoms with E-state index in [0.717, 1.165) is 23.1 Å². The van der Waals surface area contributed by atoms with Gasteiger partial charge < -0.3 is 14.8 Å². The highest BCUT2D eigenvalue weighted by Gasteiger charge is 2.08. The molecule has 1 aromatic heterocycles. The molecule has 0 aliphatic rings. The molecule has 0 atom stereocenters. The lowest BCUT2D eigenvalue weighted by Crippen LogP contribution is -2.26. The lowest BCUT2D eigenvalue weighted by atomic mass is 10.2. The monoisotopic (exact) mass is 302 g/mol. The zero-order chi connectivity index (χ0) is 15.9. The number of pyridine rings is 1. The summed E-state index contributed by atoms with van der Waals surface area (Å²) in [6.07, 6.45) is 1.00. The molecule has 0 saturated heterocycles. The molecule has 5 nitrogen and oxygen atoms in total. The van der Waals surface area contributed by atoms with Gasteiger partial charge in [-0.15, -0.1) is 0 Å². The lowest BCUT2D eigenvalue weighted by Gasteiger charge is -2.08. The van der Waals surface area contributed by atoms with Crippen LogP contribution in [0.25, 0.3) is 10.9 Å². The van der Waals surface area contributed by atoms with Gasteiger partial charge in [0.1, 0.15) is 11.4 Å². The van der Waals surface area contributed by atoms with Gasteiger partial charge in [0.2, 0.25) is 0 Å². The van der Waals surface area contributed by atoms with Gasteiger partial charge in [0.15, 0.2) is 0 Å². The van der Waals surface area contributed by atoms with Crippen molar-refractivity contribution in [3.63, 3.8) is 0 Å². The van der Waals surface area contributed by atoms with E-state index >= 15 is 0 Å². The van der Waals surface area contributed by atoms with Crippen LogP contribution in [0.1, 0.15) is 30.8 Å². The van der Waals surface area contributed by atoms with Crippen LogP contribution in [0.2, 0.25) is 0 Å². The summed E-state index contributed by atoms with van der Waals surface area (Å²) in [5.74, 6) is 0.610. The van der Waals surface area contributed by atoms with Gasteiger partial charge in [0.25, 0.3) is 5.91 Å². The van der Waals surface area contributed by atoms with E-state index in [9.17, 15) is 4.79 Å². The van der Waals surface area contributed by atoms with Crippen molar-refractivity contribution in [2.75, 3.05) is 20.3 Å². The van der Waals surface area contributed by atoms with Crippen molar-refractivity contribution in [1.29, 1.82) is 0 Å². The van der Waals surface area contributed by atoms with Gasteiger partial charge in [-0.25, -0.2) is 4.98 Å². The second kappa shape index (κ2) is 7.75. The first-order valence-electron chi connectivity index (χ1n) is 7.45. The first-order valence-corrected chi connectivity index (χ1v) is 7.45. The summed E-state index contributed by atoms with van der Waals surface area (Å²) < 4.78 is 10.6. The van der Waals surface area contributed by atoms with E-state index in [-0.39, 0.29) is 12.0 Å². The maximum atomic E-state index is 12.1. The molecule has 1 heterocycles. The summed E-state index contributed by atoms with van der Waals surface area (Å²) in [5, 5.41) is 3.80. The molecule has 1 aromatic carbocycles. The van der Waals surface area contributed by atoms with Crippen LogP contribution in [0.4, 0.5) is 0 Å². The first-order chi connectivity index (χ1) is 10.6. The Kier molecular flexibility index (Phi) is 5.72. The number of rotatable bonds is 7. The van der Waals surface area contributed by atoms with Crippen molar-refractivity contribution in [2.45, 2.75) is 26.4 Å². The molecule has 0 saturated carbocycles. The Balaban J connectivity index is 1.94. The maximum Gasteiger partial charge on any atom is 0.269 e. The number of nitrogens with zero attached hydrogens (tertiary/aromatic N) is 1. The van der Waals surface area contributed by atoms with Crippen LogP contribution in [0, 0.1) is 0 Å². The topological polar surface area (TPSA) is 60.5 Å². The number of fused-ring (bicyclic) bond motifs is 1. The lowest BCUT2D eigenvalue weighted by molar-refractivity contribution is 0.0756. The van der Waals surface area contributed by atoms with Gasteiger partial charge in [-0.1, -0.05) is 6.07 Å². The Morgan fingerprint density at radius 2 is 2.09 bits per heavy atom. The molecule has 1 N–H and O–H groups in total. The SMILES string of the molecule is COc1ccc2nc(C(=O)NCCCOC(C)C)ccc2c1. The molecule has 5 heteroatoms. The van der Waals surface area contributed by atoms with Crippen LogP contribution in [0.5, 0.6) is 5.75 Å². The fourth-order valence-electron chi connectivity index (χ4n) is 2.04. The van der Waals surface area contributed by atoms with Crippen molar-refractivity contribution < 1.29 is 14.3 Å². The van der Waals surface area contributed by atoms with Gasteiger partial charge in [0.05, 0.1) is 18.7 Å². The third-order valence-corrected chi connectivity index (χ3v) is 3.19. The van der Waals surface area contributed by atoms with Crippen molar-refractivity contribution in [2.24, 2.45) is 0 Å². The summed E-state index contributed by atoms with van der Waals surface area (Å²) >= 11 is 0. The number of methoxy groups -OCH3 is 1. The fraction of sp³-hybridized carbons (Fsp3) is 0.412. The number of benzene rings is 1. The van der Waals surface area contributed by atoms with Gasteiger partial charge >= 0.3 is 0 Å². The molecule has 22 heavy (non-hydrogen) atoms. The predicted molar refractivity (Wildman–Crippen MR) is 86.3 cm³/mol. The third-order valence-electron chi connectivity index (χ3n) is 3.19. The van der Waals surface area contributed by atoms with Crippen LogP contribution in [0.15, 0.2) is 30.3 Å². The summed E-state index contributed by atoms with van der Waals surface area (Å²) in [6.45, 7) is 5.20. The third kappa shape index (κ3) is 4.43. The summed E-state index contributed by atoms with van der Waals surface area (Å²) in [5.41, 5.74) is 1.19. The first kappa shape index (κ1) is 16.2. The van der Waals surface area contributed by atoms with Crippen molar-refractivity contribution in [3.8, 4) is 5.75 Å². The number of hydrogen-bond acceptors (Lipinski definition) is 4. The molecule has 0 fully saturated rings. The Bertz CT molecular complexity index is 641. The molecule has 1 amide bonds. The molecule has 0 radical (unpaired) electrons. The van der Waals surface area contributed by atoms with Gasteiger partial charge in [-0.05, 0) is 44.5 Å².